The van der Waals surface area contributed by atoms with Crippen LogP contribution in [0, 0.1) is 10.1 Å². The summed E-state index contributed by atoms with van der Waals surface area (Å²) < 4.78 is 0. The Bertz CT molecular complexity index is 683. The van der Waals surface area contributed by atoms with Gasteiger partial charge >= 0.3 is 11.8 Å². The Kier molecular flexibility index (Phi) is 5.10. The van der Waals surface area contributed by atoms with Gasteiger partial charge in [-0.1, -0.05) is 12.8 Å². The van der Waals surface area contributed by atoms with Gasteiger partial charge in [0.15, 0.2) is 0 Å². The van der Waals surface area contributed by atoms with E-state index >= 15 is 0 Å². The molecule has 1 aliphatic heterocycles. The number of hydrogen-bond donors (Lipinski definition) is 3. The highest BCUT2D eigenvalue weighted by atomic mass is 16.6. The molecule has 3 rings (SSSR count). The third-order valence-electron chi connectivity index (χ3n) is 5.19. The smallest absolute Gasteiger partial charge is 0.407 e. The van der Waals surface area contributed by atoms with E-state index in [2.05, 4.69) is 27.5 Å². The van der Waals surface area contributed by atoms with Crippen molar-refractivity contribution in [2.45, 2.75) is 57.0 Å². The Morgan fingerprint density at radius 1 is 1.38 bits per heavy atom. The molecule has 2 aliphatic rings. The summed E-state index contributed by atoms with van der Waals surface area (Å²) in [7, 11) is 0. The second-order valence-electron chi connectivity index (χ2n) is 7.27. The van der Waals surface area contributed by atoms with Crippen molar-refractivity contribution in [2.24, 2.45) is 0 Å². The fourth-order valence-corrected chi connectivity index (χ4v) is 3.63. The molecule has 0 bridgehead atoms. The Morgan fingerprint density at radius 2 is 2.04 bits per heavy atom. The number of carboxylic acid groups (broad SMARTS) is 1. The van der Waals surface area contributed by atoms with Crippen LogP contribution in [-0.2, 0) is 0 Å². The molecule has 0 atom stereocenters. The number of nitro groups is 1. The standard InChI is InChI=1S/C16H24N6O4/c1-16(6-2-3-7-16)20-14-17-10-12(22(25)26)13(19-14)18-11-4-8-21(9-5-11)15(23)24/h10-11H,2-9H2,1H3,(H,23,24)(H2,17,18,19,20). The van der Waals surface area contributed by atoms with E-state index in [9.17, 15) is 14.9 Å². The summed E-state index contributed by atoms with van der Waals surface area (Å²) in [6.45, 7) is 2.91. The lowest BCUT2D eigenvalue weighted by Gasteiger charge is -2.30. The van der Waals surface area contributed by atoms with E-state index in [1.807, 2.05) is 0 Å². The number of nitrogens with one attached hydrogen (secondary N) is 2. The lowest BCUT2D eigenvalue weighted by atomic mass is 10.0. The first-order valence-corrected chi connectivity index (χ1v) is 8.90. The average molecular weight is 364 g/mol. The van der Waals surface area contributed by atoms with E-state index < -0.39 is 11.0 Å². The number of hydrogen-bond acceptors (Lipinski definition) is 7. The number of nitrogens with zero attached hydrogens (tertiary/aromatic N) is 4. The van der Waals surface area contributed by atoms with Gasteiger partial charge in [-0.3, -0.25) is 10.1 Å². The number of likely N-dealkylation sites (tertiary alicyclic amines) is 1. The maximum absolute atomic E-state index is 11.3. The van der Waals surface area contributed by atoms with E-state index in [1.165, 1.54) is 11.1 Å². The van der Waals surface area contributed by atoms with Crippen LogP contribution in [0.2, 0.25) is 0 Å². The number of piperidine rings is 1. The molecule has 0 unspecified atom stereocenters. The molecule has 1 aliphatic carbocycles. The first-order valence-electron chi connectivity index (χ1n) is 8.90. The molecular weight excluding hydrogens is 340 g/mol. The molecule has 1 amide bonds. The van der Waals surface area contributed by atoms with Crippen molar-refractivity contribution in [2.75, 3.05) is 23.7 Å². The Morgan fingerprint density at radius 3 is 2.62 bits per heavy atom. The molecule has 0 radical (unpaired) electrons. The van der Waals surface area contributed by atoms with Crippen LogP contribution in [0.15, 0.2) is 6.20 Å². The summed E-state index contributed by atoms with van der Waals surface area (Å²) in [5, 5.41) is 26.7. The molecule has 1 saturated carbocycles. The van der Waals surface area contributed by atoms with Crippen LogP contribution >= 0.6 is 0 Å². The minimum absolute atomic E-state index is 0.0610. The fourth-order valence-electron chi connectivity index (χ4n) is 3.63. The zero-order valence-corrected chi connectivity index (χ0v) is 14.8. The summed E-state index contributed by atoms with van der Waals surface area (Å²) in [6.07, 6.45) is 5.76. The van der Waals surface area contributed by atoms with Crippen molar-refractivity contribution in [1.82, 2.24) is 14.9 Å². The number of rotatable bonds is 5. The van der Waals surface area contributed by atoms with Gasteiger partial charge in [-0.2, -0.15) is 4.98 Å². The lowest BCUT2D eigenvalue weighted by Crippen LogP contribution is -2.41. The molecule has 2 fully saturated rings. The first kappa shape index (κ1) is 18.2. The van der Waals surface area contributed by atoms with Gasteiger partial charge in [0.2, 0.25) is 11.8 Å². The molecule has 2 heterocycles. The van der Waals surface area contributed by atoms with Crippen LogP contribution < -0.4 is 10.6 Å². The van der Waals surface area contributed by atoms with Gasteiger partial charge in [0, 0.05) is 24.7 Å². The monoisotopic (exact) mass is 364 g/mol. The van der Waals surface area contributed by atoms with Crippen LogP contribution in [0.1, 0.15) is 45.4 Å². The molecule has 3 N–H and O–H groups in total. The largest absolute Gasteiger partial charge is 0.465 e. The van der Waals surface area contributed by atoms with Crippen molar-refractivity contribution in [3.63, 3.8) is 0 Å². The third-order valence-corrected chi connectivity index (χ3v) is 5.19. The summed E-state index contributed by atoms with van der Waals surface area (Å²) in [5.74, 6) is 0.563. The van der Waals surface area contributed by atoms with E-state index in [1.54, 1.807) is 0 Å². The predicted octanol–water partition coefficient (Wildman–Crippen LogP) is 2.68. The number of carbonyl (C=O) groups is 1. The third kappa shape index (κ3) is 4.12. The Hall–Kier alpha value is -2.65. The van der Waals surface area contributed by atoms with Gasteiger partial charge in [-0.05, 0) is 32.6 Å². The van der Waals surface area contributed by atoms with Crippen LogP contribution in [0.25, 0.3) is 0 Å². The minimum Gasteiger partial charge on any atom is -0.465 e. The van der Waals surface area contributed by atoms with Gasteiger partial charge in [0.25, 0.3) is 0 Å². The minimum atomic E-state index is -0.937. The molecule has 26 heavy (non-hydrogen) atoms. The normalized spacial score (nSPS) is 20.0. The van der Waals surface area contributed by atoms with Gasteiger partial charge in [0.1, 0.15) is 6.20 Å². The Balaban J connectivity index is 1.73. The number of anilines is 2. The number of aromatic nitrogens is 2. The molecule has 142 valence electrons. The maximum atomic E-state index is 11.3. The van der Waals surface area contributed by atoms with Gasteiger partial charge in [-0.25, -0.2) is 9.78 Å². The predicted molar refractivity (Wildman–Crippen MR) is 95.4 cm³/mol. The lowest BCUT2D eigenvalue weighted by molar-refractivity contribution is -0.384. The second kappa shape index (κ2) is 7.30. The first-order chi connectivity index (χ1) is 12.4. The van der Waals surface area contributed by atoms with Crippen LogP contribution in [0.5, 0.6) is 0 Å². The van der Waals surface area contributed by atoms with Gasteiger partial charge in [0.05, 0.1) is 4.92 Å². The fraction of sp³-hybridized carbons (Fsp3) is 0.688. The summed E-state index contributed by atoms with van der Waals surface area (Å²) in [4.78, 5) is 31.6. The van der Waals surface area contributed by atoms with Crippen molar-refractivity contribution in [3.05, 3.63) is 16.3 Å². The molecule has 0 spiro atoms. The van der Waals surface area contributed by atoms with Crippen LogP contribution in [-0.4, -0.2) is 55.7 Å². The quantitative estimate of drug-likeness (QED) is 0.536. The summed E-state index contributed by atoms with van der Waals surface area (Å²) >= 11 is 0. The van der Waals surface area contributed by atoms with Crippen molar-refractivity contribution in [1.29, 1.82) is 0 Å². The SMILES string of the molecule is CC1(Nc2ncc([N+](=O)[O-])c(NC3CCN(C(=O)O)CC3)n2)CCCC1. The number of amides is 1. The maximum Gasteiger partial charge on any atom is 0.407 e. The van der Waals surface area contributed by atoms with E-state index in [0.717, 1.165) is 25.7 Å². The average Bonchev–Trinajstić information content (AvgIpc) is 3.01. The topological polar surface area (TPSA) is 134 Å². The second-order valence-corrected chi connectivity index (χ2v) is 7.27. The molecular formula is C16H24N6O4. The van der Waals surface area contributed by atoms with E-state index in [0.29, 0.717) is 31.9 Å². The molecule has 1 aromatic rings. The highest BCUT2D eigenvalue weighted by molar-refractivity contribution is 5.65. The zero-order chi connectivity index (χ0) is 18.7. The van der Waals surface area contributed by atoms with Crippen molar-refractivity contribution < 1.29 is 14.8 Å². The zero-order valence-electron chi connectivity index (χ0n) is 14.8. The summed E-state index contributed by atoms with van der Waals surface area (Å²) in [6, 6.07) is -0.0610. The highest BCUT2D eigenvalue weighted by Crippen LogP contribution is 2.33. The van der Waals surface area contributed by atoms with Gasteiger partial charge < -0.3 is 20.6 Å². The van der Waals surface area contributed by atoms with Crippen molar-refractivity contribution >= 4 is 23.5 Å². The van der Waals surface area contributed by atoms with E-state index in [-0.39, 0.29) is 23.1 Å². The van der Waals surface area contributed by atoms with Gasteiger partial charge in [-0.15, -0.1) is 0 Å². The van der Waals surface area contributed by atoms with Crippen molar-refractivity contribution in [3.8, 4) is 0 Å². The Labute approximate surface area is 151 Å². The molecule has 1 saturated heterocycles. The highest BCUT2D eigenvalue weighted by Gasteiger charge is 2.30. The van der Waals surface area contributed by atoms with Crippen LogP contribution in [0.4, 0.5) is 22.2 Å². The van der Waals surface area contributed by atoms with E-state index in [4.69, 9.17) is 5.11 Å². The molecule has 10 heteroatoms. The van der Waals surface area contributed by atoms with Crippen LogP contribution in [0.3, 0.4) is 0 Å². The molecule has 10 nitrogen and oxygen atoms in total. The molecule has 0 aromatic carbocycles. The summed E-state index contributed by atoms with van der Waals surface area (Å²) in [5.41, 5.74) is -0.256. The molecule has 1 aromatic heterocycles.